The zero-order valence-corrected chi connectivity index (χ0v) is 10.9. The molecule has 0 saturated heterocycles. The molecular weight excluding hydrogens is 260 g/mol. The van der Waals surface area contributed by atoms with Crippen LogP contribution in [-0.4, -0.2) is 23.5 Å². The van der Waals surface area contributed by atoms with Gasteiger partial charge in [-0.3, -0.25) is 4.79 Å². The zero-order valence-electron chi connectivity index (χ0n) is 10.9. The Balaban J connectivity index is 1.93. The van der Waals surface area contributed by atoms with Gasteiger partial charge in [0.2, 0.25) is 5.91 Å². The molecule has 1 amide bonds. The molecule has 2 aromatic rings. The molecule has 0 spiro atoms. The first-order chi connectivity index (χ1) is 9.69. The Bertz CT molecular complexity index is 611. The van der Waals surface area contributed by atoms with Crippen molar-refractivity contribution < 1.29 is 18.7 Å². The van der Waals surface area contributed by atoms with Gasteiger partial charge in [-0.25, -0.2) is 4.79 Å². The van der Waals surface area contributed by atoms with E-state index in [2.05, 4.69) is 10.3 Å². The Kier molecular flexibility index (Phi) is 4.39. The second kappa shape index (κ2) is 6.42. The Labute approximate surface area is 115 Å². The summed E-state index contributed by atoms with van der Waals surface area (Å²) in [5.74, 6) is -0.198. The molecule has 2 rings (SSSR count). The minimum absolute atomic E-state index is 0.289. The van der Waals surface area contributed by atoms with Crippen LogP contribution in [0.4, 0.5) is 5.69 Å². The van der Waals surface area contributed by atoms with Crippen molar-refractivity contribution in [3.8, 4) is 0 Å². The molecule has 6 nitrogen and oxygen atoms in total. The molecule has 104 valence electrons. The summed E-state index contributed by atoms with van der Waals surface area (Å²) in [6, 6.07) is 4.98. The standard InChI is InChI=1S/C14H14N2O4/c1-2-19-14(18)12-8-10(9-15-12)16-13(17)6-5-11-4-3-7-20-11/h3-9,15H,2H2,1H3,(H,16,17). The lowest BCUT2D eigenvalue weighted by Crippen LogP contribution is -2.07. The second-order valence-electron chi connectivity index (χ2n) is 3.86. The van der Waals surface area contributed by atoms with Gasteiger partial charge in [-0.05, 0) is 31.2 Å². The Morgan fingerprint density at radius 3 is 3.05 bits per heavy atom. The first-order valence-corrected chi connectivity index (χ1v) is 6.07. The number of hydrogen-bond acceptors (Lipinski definition) is 4. The normalized spacial score (nSPS) is 10.7. The number of hydrogen-bond donors (Lipinski definition) is 2. The first-order valence-electron chi connectivity index (χ1n) is 6.07. The van der Waals surface area contributed by atoms with Crippen molar-refractivity contribution in [2.75, 3.05) is 11.9 Å². The average Bonchev–Trinajstić information content (AvgIpc) is 3.07. The van der Waals surface area contributed by atoms with Crippen LogP contribution in [0.5, 0.6) is 0 Å². The number of esters is 1. The van der Waals surface area contributed by atoms with Crippen molar-refractivity contribution in [1.82, 2.24) is 4.98 Å². The fourth-order valence-corrected chi connectivity index (χ4v) is 1.52. The molecule has 0 saturated carbocycles. The van der Waals surface area contributed by atoms with Gasteiger partial charge in [0.05, 0.1) is 18.6 Å². The zero-order chi connectivity index (χ0) is 14.4. The maximum absolute atomic E-state index is 11.6. The van der Waals surface area contributed by atoms with Gasteiger partial charge in [0.25, 0.3) is 0 Å². The molecule has 20 heavy (non-hydrogen) atoms. The van der Waals surface area contributed by atoms with Gasteiger partial charge < -0.3 is 19.5 Å². The second-order valence-corrected chi connectivity index (χ2v) is 3.86. The number of rotatable bonds is 5. The van der Waals surface area contributed by atoms with E-state index in [1.54, 1.807) is 25.1 Å². The molecule has 0 aliphatic rings. The topological polar surface area (TPSA) is 84.3 Å². The van der Waals surface area contributed by atoms with E-state index in [1.807, 2.05) is 0 Å². The molecule has 0 unspecified atom stereocenters. The fraction of sp³-hybridized carbons (Fsp3) is 0.143. The summed E-state index contributed by atoms with van der Waals surface area (Å²) in [6.45, 7) is 2.02. The number of nitrogens with one attached hydrogen (secondary N) is 2. The third-order valence-electron chi connectivity index (χ3n) is 2.39. The van der Waals surface area contributed by atoms with E-state index in [1.165, 1.54) is 24.6 Å². The first kappa shape index (κ1) is 13.7. The molecule has 2 heterocycles. The van der Waals surface area contributed by atoms with E-state index >= 15 is 0 Å². The lowest BCUT2D eigenvalue weighted by molar-refractivity contribution is -0.111. The summed E-state index contributed by atoms with van der Waals surface area (Å²) in [5, 5.41) is 2.62. The van der Waals surface area contributed by atoms with Crippen LogP contribution in [-0.2, 0) is 9.53 Å². The van der Waals surface area contributed by atoms with E-state index in [-0.39, 0.29) is 11.6 Å². The van der Waals surface area contributed by atoms with Gasteiger partial charge >= 0.3 is 5.97 Å². The smallest absolute Gasteiger partial charge is 0.354 e. The van der Waals surface area contributed by atoms with Crippen LogP contribution in [0.15, 0.2) is 41.2 Å². The highest BCUT2D eigenvalue weighted by atomic mass is 16.5. The number of ether oxygens (including phenoxy) is 1. The maximum atomic E-state index is 11.6. The lowest BCUT2D eigenvalue weighted by Gasteiger charge is -1.97. The van der Waals surface area contributed by atoms with Crippen LogP contribution in [0, 0.1) is 0 Å². The molecule has 0 radical (unpaired) electrons. The summed E-state index contributed by atoms with van der Waals surface area (Å²) in [7, 11) is 0. The molecular formula is C14H14N2O4. The minimum atomic E-state index is -0.459. The predicted molar refractivity (Wildman–Crippen MR) is 73.1 cm³/mol. The number of amides is 1. The summed E-state index contributed by atoms with van der Waals surface area (Å²) < 4.78 is 9.90. The highest BCUT2D eigenvalue weighted by Crippen LogP contribution is 2.11. The van der Waals surface area contributed by atoms with Crippen molar-refractivity contribution in [2.24, 2.45) is 0 Å². The molecule has 2 N–H and O–H groups in total. The van der Waals surface area contributed by atoms with Gasteiger partial charge in [-0.2, -0.15) is 0 Å². The quantitative estimate of drug-likeness (QED) is 0.648. The van der Waals surface area contributed by atoms with Gasteiger partial charge in [0.1, 0.15) is 11.5 Å². The molecule has 0 aliphatic heterocycles. The molecule has 6 heteroatoms. The highest BCUT2D eigenvalue weighted by Gasteiger charge is 2.09. The summed E-state index contributed by atoms with van der Waals surface area (Å²) >= 11 is 0. The van der Waals surface area contributed by atoms with Crippen molar-refractivity contribution >= 4 is 23.6 Å². The fourth-order valence-electron chi connectivity index (χ4n) is 1.52. The molecule has 2 aromatic heterocycles. The molecule has 0 aromatic carbocycles. The van der Waals surface area contributed by atoms with E-state index < -0.39 is 5.97 Å². The van der Waals surface area contributed by atoms with E-state index in [9.17, 15) is 9.59 Å². The molecule has 0 atom stereocenters. The van der Waals surface area contributed by atoms with Gasteiger partial charge in [0.15, 0.2) is 0 Å². The Hall–Kier alpha value is -2.76. The molecule has 0 aliphatic carbocycles. The third kappa shape index (κ3) is 3.61. The van der Waals surface area contributed by atoms with E-state index in [0.29, 0.717) is 18.1 Å². The van der Waals surface area contributed by atoms with E-state index in [0.717, 1.165) is 0 Å². The summed E-state index contributed by atoms with van der Waals surface area (Å²) in [6.07, 6.45) is 5.93. The average molecular weight is 274 g/mol. The third-order valence-corrected chi connectivity index (χ3v) is 2.39. The number of anilines is 1. The van der Waals surface area contributed by atoms with Crippen molar-refractivity contribution in [1.29, 1.82) is 0 Å². The molecule has 0 fully saturated rings. The van der Waals surface area contributed by atoms with Crippen molar-refractivity contribution in [3.63, 3.8) is 0 Å². The van der Waals surface area contributed by atoms with Crippen molar-refractivity contribution in [3.05, 3.63) is 48.2 Å². The predicted octanol–water partition coefficient (Wildman–Crippen LogP) is 2.44. The van der Waals surface area contributed by atoms with Crippen LogP contribution >= 0.6 is 0 Å². The summed E-state index contributed by atoms with van der Waals surface area (Å²) in [5.41, 5.74) is 0.777. The number of carbonyl (C=O) groups excluding carboxylic acids is 2. The van der Waals surface area contributed by atoms with Gasteiger partial charge in [-0.1, -0.05) is 0 Å². The number of H-pyrrole nitrogens is 1. The Morgan fingerprint density at radius 2 is 2.35 bits per heavy atom. The Morgan fingerprint density at radius 1 is 1.50 bits per heavy atom. The van der Waals surface area contributed by atoms with Crippen LogP contribution in [0.3, 0.4) is 0 Å². The number of aromatic amines is 1. The minimum Gasteiger partial charge on any atom is -0.465 e. The van der Waals surface area contributed by atoms with Crippen molar-refractivity contribution in [2.45, 2.75) is 6.92 Å². The van der Waals surface area contributed by atoms with Crippen LogP contribution < -0.4 is 5.32 Å². The maximum Gasteiger partial charge on any atom is 0.354 e. The van der Waals surface area contributed by atoms with E-state index in [4.69, 9.17) is 9.15 Å². The van der Waals surface area contributed by atoms with Crippen LogP contribution in [0.25, 0.3) is 6.08 Å². The number of furan rings is 1. The largest absolute Gasteiger partial charge is 0.465 e. The number of aromatic nitrogens is 1. The van der Waals surface area contributed by atoms with Crippen LogP contribution in [0.1, 0.15) is 23.2 Å². The SMILES string of the molecule is CCOC(=O)c1cc(NC(=O)C=Cc2ccco2)c[nH]1. The summed E-state index contributed by atoms with van der Waals surface area (Å²) in [4.78, 5) is 25.8. The number of carbonyl (C=O) groups is 2. The van der Waals surface area contributed by atoms with Gasteiger partial charge in [0, 0.05) is 12.3 Å². The highest BCUT2D eigenvalue weighted by molar-refractivity contribution is 6.02. The lowest BCUT2D eigenvalue weighted by atomic mass is 10.3. The molecule has 0 bridgehead atoms. The monoisotopic (exact) mass is 274 g/mol. The van der Waals surface area contributed by atoms with Crippen LogP contribution in [0.2, 0.25) is 0 Å². The van der Waals surface area contributed by atoms with Gasteiger partial charge in [-0.15, -0.1) is 0 Å².